The zero-order valence-electron chi connectivity index (χ0n) is 10.2. The molecule has 0 aliphatic carbocycles. The molecule has 0 saturated heterocycles. The van der Waals surface area contributed by atoms with E-state index >= 15 is 0 Å². The van der Waals surface area contributed by atoms with Crippen LogP contribution in [0.4, 0.5) is 8.78 Å². The van der Waals surface area contributed by atoms with Crippen molar-refractivity contribution in [2.45, 2.75) is 20.0 Å². The molecule has 96 valence electrons. The normalized spacial score (nSPS) is 10.8. The number of rotatable bonds is 5. The van der Waals surface area contributed by atoms with Crippen molar-refractivity contribution in [2.75, 3.05) is 6.54 Å². The number of hydrogen-bond donors (Lipinski definition) is 1. The first-order chi connectivity index (χ1) is 8.69. The highest BCUT2D eigenvalue weighted by atomic mass is 19.1. The Labute approximate surface area is 104 Å². The predicted octanol–water partition coefficient (Wildman–Crippen LogP) is 2.32. The maximum atomic E-state index is 13.5. The van der Waals surface area contributed by atoms with Crippen molar-refractivity contribution in [2.24, 2.45) is 0 Å². The van der Waals surface area contributed by atoms with E-state index in [1.807, 2.05) is 13.1 Å². The van der Waals surface area contributed by atoms with E-state index in [9.17, 15) is 8.78 Å². The molecule has 3 nitrogen and oxygen atoms in total. The van der Waals surface area contributed by atoms with Gasteiger partial charge in [-0.05, 0) is 24.7 Å². The summed E-state index contributed by atoms with van der Waals surface area (Å²) in [5, 5.41) is 3.15. The summed E-state index contributed by atoms with van der Waals surface area (Å²) in [6.45, 7) is 3.84. The predicted molar refractivity (Wildman–Crippen MR) is 65.1 cm³/mol. The Hall–Kier alpha value is -1.75. The molecule has 0 unspecified atom stereocenters. The third-order valence-electron chi connectivity index (χ3n) is 2.60. The number of nitrogens with one attached hydrogen (secondary N) is 1. The van der Waals surface area contributed by atoms with Gasteiger partial charge < -0.3 is 9.88 Å². The van der Waals surface area contributed by atoms with Gasteiger partial charge in [-0.2, -0.15) is 0 Å². The van der Waals surface area contributed by atoms with Crippen molar-refractivity contribution < 1.29 is 8.78 Å². The fourth-order valence-electron chi connectivity index (χ4n) is 1.70. The van der Waals surface area contributed by atoms with E-state index in [2.05, 4.69) is 10.3 Å². The van der Waals surface area contributed by atoms with Gasteiger partial charge in [0.05, 0.1) is 18.6 Å². The Morgan fingerprint density at radius 3 is 2.94 bits per heavy atom. The number of imidazole rings is 1. The van der Waals surface area contributed by atoms with Crippen molar-refractivity contribution in [3.63, 3.8) is 0 Å². The van der Waals surface area contributed by atoms with E-state index in [1.165, 1.54) is 6.07 Å². The quantitative estimate of drug-likeness (QED) is 0.883. The van der Waals surface area contributed by atoms with Gasteiger partial charge in [-0.15, -0.1) is 0 Å². The highest BCUT2D eigenvalue weighted by Crippen LogP contribution is 2.11. The Morgan fingerprint density at radius 2 is 2.17 bits per heavy atom. The molecule has 0 aliphatic heterocycles. The van der Waals surface area contributed by atoms with E-state index in [0.29, 0.717) is 12.1 Å². The van der Waals surface area contributed by atoms with Gasteiger partial charge in [0.1, 0.15) is 11.6 Å². The minimum absolute atomic E-state index is 0.280. The van der Waals surface area contributed by atoms with E-state index in [1.54, 1.807) is 10.9 Å². The molecule has 0 spiro atoms. The molecular weight excluding hydrogens is 236 g/mol. The van der Waals surface area contributed by atoms with Crippen LogP contribution in [0.3, 0.4) is 0 Å². The minimum atomic E-state index is -0.431. The first-order valence-electron chi connectivity index (χ1n) is 5.84. The Bertz CT molecular complexity index is 523. The lowest BCUT2D eigenvalue weighted by atomic mass is 10.2. The molecule has 0 atom stereocenters. The lowest BCUT2D eigenvalue weighted by molar-refractivity contribution is 0.577. The molecule has 0 radical (unpaired) electrons. The fourth-order valence-corrected chi connectivity index (χ4v) is 1.70. The first-order valence-corrected chi connectivity index (χ1v) is 5.84. The van der Waals surface area contributed by atoms with E-state index < -0.39 is 11.6 Å². The van der Waals surface area contributed by atoms with Crippen LogP contribution in [0.1, 0.15) is 18.2 Å². The molecule has 2 rings (SSSR count). The van der Waals surface area contributed by atoms with Gasteiger partial charge in [-0.25, -0.2) is 13.8 Å². The van der Waals surface area contributed by atoms with Crippen molar-refractivity contribution in [1.29, 1.82) is 0 Å². The largest absolute Gasteiger partial charge is 0.333 e. The van der Waals surface area contributed by atoms with E-state index in [0.717, 1.165) is 24.4 Å². The summed E-state index contributed by atoms with van der Waals surface area (Å²) >= 11 is 0. The number of benzene rings is 1. The molecule has 1 aromatic carbocycles. The van der Waals surface area contributed by atoms with Crippen molar-refractivity contribution >= 4 is 0 Å². The number of hydrogen-bond acceptors (Lipinski definition) is 2. The second-order valence-corrected chi connectivity index (χ2v) is 4.05. The Kier molecular flexibility index (Phi) is 4.04. The molecule has 0 fully saturated rings. The van der Waals surface area contributed by atoms with E-state index in [4.69, 9.17) is 0 Å². The van der Waals surface area contributed by atoms with Gasteiger partial charge in [0.15, 0.2) is 0 Å². The molecule has 5 heteroatoms. The average molecular weight is 251 g/mol. The van der Waals surface area contributed by atoms with Crippen LogP contribution in [0.2, 0.25) is 0 Å². The monoisotopic (exact) mass is 251 g/mol. The second-order valence-electron chi connectivity index (χ2n) is 4.05. The van der Waals surface area contributed by atoms with Gasteiger partial charge >= 0.3 is 0 Å². The van der Waals surface area contributed by atoms with Gasteiger partial charge in [0, 0.05) is 18.3 Å². The Balaban J connectivity index is 2.08. The average Bonchev–Trinajstić information content (AvgIpc) is 2.79. The molecule has 1 heterocycles. The van der Waals surface area contributed by atoms with Crippen LogP contribution in [-0.4, -0.2) is 16.1 Å². The molecule has 1 N–H and O–H groups in total. The van der Waals surface area contributed by atoms with Crippen LogP contribution in [0, 0.1) is 11.6 Å². The lowest BCUT2D eigenvalue weighted by Gasteiger charge is -2.04. The van der Waals surface area contributed by atoms with Crippen molar-refractivity contribution in [3.8, 4) is 0 Å². The SMILES string of the molecule is CCNCc1cn(Cc2cc(F)ccc2F)cn1. The summed E-state index contributed by atoms with van der Waals surface area (Å²) in [7, 11) is 0. The van der Waals surface area contributed by atoms with Gasteiger partial charge in [-0.1, -0.05) is 6.92 Å². The van der Waals surface area contributed by atoms with Crippen LogP contribution in [0.15, 0.2) is 30.7 Å². The third-order valence-corrected chi connectivity index (χ3v) is 2.60. The third kappa shape index (κ3) is 3.13. The molecular formula is C13H15F2N3. The summed E-state index contributed by atoms with van der Waals surface area (Å²) < 4.78 is 28.2. The van der Waals surface area contributed by atoms with Crippen LogP contribution in [0.5, 0.6) is 0 Å². The molecule has 2 aromatic rings. The van der Waals surface area contributed by atoms with Gasteiger partial charge in [0.2, 0.25) is 0 Å². The highest BCUT2D eigenvalue weighted by molar-refractivity contribution is 5.19. The summed E-state index contributed by atoms with van der Waals surface area (Å²) in [5.74, 6) is -0.835. The summed E-state index contributed by atoms with van der Waals surface area (Å²) in [4.78, 5) is 4.19. The molecule has 0 aliphatic rings. The molecule has 1 aromatic heterocycles. The van der Waals surface area contributed by atoms with Crippen molar-refractivity contribution in [3.05, 3.63) is 53.6 Å². The standard InChI is InChI=1S/C13H15F2N3/c1-2-16-6-12-8-18(9-17-12)7-10-5-11(14)3-4-13(10)15/h3-5,8-9,16H,2,6-7H2,1H3. The van der Waals surface area contributed by atoms with Crippen LogP contribution in [-0.2, 0) is 13.1 Å². The summed E-state index contributed by atoms with van der Waals surface area (Å²) in [5.41, 5.74) is 1.20. The fraction of sp³-hybridized carbons (Fsp3) is 0.308. The number of nitrogens with zero attached hydrogens (tertiary/aromatic N) is 2. The van der Waals surface area contributed by atoms with Crippen LogP contribution < -0.4 is 5.32 Å². The zero-order chi connectivity index (χ0) is 13.0. The lowest BCUT2D eigenvalue weighted by Crippen LogP contribution is -2.11. The van der Waals surface area contributed by atoms with Gasteiger partial charge in [0.25, 0.3) is 0 Å². The smallest absolute Gasteiger partial charge is 0.128 e. The molecule has 0 amide bonds. The van der Waals surface area contributed by atoms with Gasteiger partial charge in [-0.3, -0.25) is 0 Å². The minimum Gasteiger partial charge on any atom is -0.333 e. The van der Waals surface area contributed by atoms with Crippen LogP contribution >= 0.6 is 0 Å². The highest BCUT2D eigenvalue weighted by Gasteiger charge is 2.05. The second kappa shape index (κ2) is 5.73. The van der Waals surface area contributed by atoms with E-state index in [-0.39, 0.29) is 6.54 Å². The topological polar surface area (TPSA) is 29.9 Å². The maximum absolute atomic E-state index is 13.5. The van der Waals surface area contributed by atoms with Crippen molar-refractivity contribution in [1.82, 2.24) is 14.9 Å². The molecule has 18 heavy (non-hydrogen) atoms. The number of aromatic nitrogens is 2. The maximum Gasteiger partial charge on any atom is 0.128 e. The zero-order valence-corrected chi connectivity index (χ0v) is 10.2. The Morgan fingerprint density at radius 1 is 1.33 bits per heavy atom. The molecule has 0 saturated carbocycles. The first kappa shape index (κ1) is 12.7. The number of halogens is 2. The summed E-state index contributed by atoms with van der Waals surface area (Å²) in [6, 6.07) is 3.46. The molecule has 0 bridgehead atoms. The van der Waals surface area contributed by atoms with Crippen LogP contribution in [0.25, 0.3) is 0 Å². The summed E-state index contributed by atoms with van der Waals surface area (Å²) in [6.07, 6.45) is 3.45.